The first-order valence-electron chi connectivity index (χ1n) is 6.38. The molecule has 1 aromatic carbocycles. The number of hydrogen-bond acceptors (Lipinski definition) is 2. The van der Waals surface area contributed by atoms with Crippen molar-refractivity contribution in [2.45, 2.75) is 19.8 Å². The number of rotatable bonds is 2. The highest BCUT2D eigenvalue weighted by Gasteiger charge is 2.26. The van der Waals surface area contributed by atoms with Crippen LogP contribution in [0.4, 0.5) is 8.78 Å². The first-order chi connectivity index (χ1) is 9.02. The molecule has 19 heavy (non-hydrogen) atoms. The van der Waals surface area contributed by atoms with E-state index >= 15 is 0 Å². The molecule has 0 radical (unpaired) electrons. The minimum Gasteiger partial charge on any atom is -0.396 e. The molecule has 1 amide bonds. The molecule has 1 atom stereocenters. The van der Waals surface area contributed by atoms with Gasteiger partial charge >= 0.3 is 0 Å². The Kier molecular flexibility index (Phi) is 4.14. The number of amides is 1. The van der Waals surface area contributed by atoms with Gasteiger partial charge in [0, 0.05) is 19.7 Å². The molecule has 1 heterocycles. The van der Waals surface area contributed by atoms with E-state index in [-0.39, 0.29) is 23.7 Å². The summed E-state index contributed by atoms with van der Waals surface area (Å²) in [5, 5.41) is 9.12. The Hall–Kier alpha value is -1.49. The van der Waals surface area contributed by atoms with Gasteiger partial charge in [-0.25, -0.2) is 8.78 Å². The molecule has 1 fully saturated rings. The molecule has 0 bridgehead atoms. The summed E-state index contributed by atoms with van der Waals surface area (Å²) in [6.45, 7) is 2.37. The molecule has 1 aliphatic rings. The zero-order chi connectivity index (χ0) is 14.0. The zero-order valence-electron chi connectivity index (χ0n) is 10.8. The van der Waals surface area contributed by atoms with E-state index in [0.717, 1.165) is 25.0 Å². The van der Waals surface area contributed by atoms with Crippen LogP contribution < -0.4 is 0 Å². The first-order valence-corrected chi connectivity index (χ1v) is 6.38. The van der Waals surface area contributed by atoms with Crippen LogP contribution in [0.25, 0.3) is 0 Å². The first kappa shape index (κ1) is 13.9. The predicted octanol–water partition coefficient (Wildman–Crippen LogP) is 2.12. The highest BCUT2D eigenvalue weighted by molar-refractivity contribution is 5.94. The van der Waals surface area contributed by atoms with E-state index in [1.165, 1.54) is 11.8 Å². The Balaban J connectivity index is 2.22. The van der Waals surface area contributed by atoms with Gasteiger partial charge in [-0.1, -0.05) is 0 Å². The molecule has 5 heteroatoms. The topological polar surface area (TPSA) is 40.5 Å². The SMILES string of the molecule is Cc1cc(F)c(C(=O)N2CCCC(CO)C2)cc1F. The van der Waals surface area contributed by atoms with Crippen LogP contribution in [0.3, 0.4) is 0 Å². The summed E-state index contributed by atoms with van der Waals surface area (Å²) in [4.78, 5) is 13.7. The molecule has 1 aromatic rings. The van der Waals surface area contributed by atoms with E-state index in [1.54, 1.807) is 0 Å². The molecule has 0 spiro atoms. The fraction of sp³-hybridized carbons (Fsp3) is 0.500. The van der Waals surface area contributed by atoms with Gasteiger partial charge in [0.15, 0.2) is 0 Å². The summed E-state index contributed by atoms with van der Waals surface area (Å²) >= 11 is 0. The van der Waals surface area contributed by atoms with Gasteiger partial charge in [-0.15, -0.1) is 0 Å². The Morgan fingerprint density at radius 1 is 1.42 bits per heavy atom. The number of carbonyl (C=O) groups is 1. The number of carbonyl (C=O) groups excluding carboxylic acids is 1. The summed E-state index contributed by atoms with van der Waals surface area (Å²) in [7, 11) is 0. The maximum Gasteiger partial charge on any atom is 0.256 e. The molecular weight excluding hydrogens is 252 g/mol. The van der Waals surface area contributed by atoms with Crippen molar-refractivity contribution in [2.75, 3.05) is 19.7 Å². The lowest BCUT2D eigenvalue weighted by molar-refractivity contribution is 0.0615. The number of halogens is 2. The lowest BCUT2D eigenvalue weighted by atomic mass is 9.98. The molecule has 1 saturated heterocycles. The van der Waals surface area contributed by atoms with Gasteiger partial charge in [0.1, 0.15) is 11.6 Å². The van der Waals surface area contributed by atoms with Gasteiger partial charge in [0.25, 0.3) is 5.91 Å². The van der Waals surface area contributed by atoms with E-state index in [9.17, 15) is 13.6 Å². The minimum atomic E-state index is -0.699. The maximum absolute atomic E-state index is 13.8. The lowest BCUT2D eigenvalue weighted by Crippen LogP contribution is -2.41. The number of benzene rings is 1. The van der Waals surface area contributed by atoms with Gasteiger partial charge in [0.05, 0.1) is 5.56 Å². The molecule has 2 rings (SSSR count). The quantitative estimate of drug-likeness (QED) is 0.893. The van der Waals surface area contributed by atoms with Crippen molar-refractivity contribution in [3.05, 3.63) is 34.9 Å². The van der Waals surface area contributed by atoms with Crippen molar-refractivity contribution in [2.24, 2.45) is 5.92 Å². The Bertz CT molecular complexity index is 491. The summed E-state index contributed by atoms with van der Waals surface area (Å²) in [6.07, 6.45) is 1.62. The van der Waals surface area contributed by atoms with Gasteiger partial charge in [0.2, 0.25) is 0 Å². The molecule has 0 aromatic heterocycles. The van der Waals surface area contributed by atoms with Crippen LogP contribution in [0.1, 0.15) is 28.8 Å². The number of likely N-dealkylation sites (tertiary alicyclic amines) is 1. The summed E-state index contributed by atoms with van der Waals surface area (Å²) in [5.41, 5.74) is -0.0531. The van der Waals surface area contributed by atoms with Crippen LogP contribution in [0.2, 0.25) is 0 Å². The van der Waals surface area contributed by atoms with Gasteiger partial charge in [-0.3, -0.25) is 4.79 Å². The molecule has 1 N–H and O–H groups in total. The highest BCUT2D eigenvalue weighted by atomic mass is 19.1. The van der Waals surface area contributed by atoms with Crippen LogP contribution in [0.15, 0.2) is 12.1 Å². The van der Waals surface area contributed by atoms with Crippen molar-refractivity contribution in [1.29, 1.82) is 0 Å². The molecular formula is C14H17F2NO2. The third kappa shape index (κ3) is 2.92. The van der Waals surface area contributed by atoms with Crippen molar-refractivity contribution in [1.82, 2.24) is 4.90 Å². The van der Waals surface area contributed by atoms with E-state index in [1.807, 2.05) is 0 Å². The van der Waals surface area contributed by atoms with E-state index in [4.69, 9.17) is 5.11 Å². The maximum atomic E-state index is 13.8. The van der Waals surface area contributed by atoms with Crippen molar-refractivity contribution < 1.29 is 18.7 Å². The summed E-state index contributed by atoms with van der Waals surface area (Å²) < 4.78 is 27.2. The fourth-order valence-corrected chi connectivity index (χ4v) is 2.38. The van der Waals surface area contributed by atoms with Crippen molar-refractivity contribution in [3.63, 3.8) is 0 Å². The zero-order valence-corrected chi connectivity index (χ0v) is 10.8. The molecule has 3 nitrogen and oxygen atoms in total. The third-order valence-corrected chi connectivity index (χ3v) is 3.54. The molecule has 104 valence electrons. The Morgan fingerprint density at radius 2 is 2.16 bits per heavy atom. The van der Waals surface area contributed by atoms with Crippen LogP contribution in [-0.2, 0) is 0 Å². The average molecular weight is 269 g/mol. The number of piperidine rings is 1. The van der Waals surface area contributed by atoms with E-state index < -0.39 is 17.5 Å². The second kappa shape index (κ2) is 5.65. The number of nitrogens with zero attached hydrogens (tertiary/aromatic N) is 1. The van der Waals surface area contributed by atoms with E-state index in [0.29, 0.717) is 13.1 Å². The second-order valence-electron chi connectivity index (χ2n) is 5.02. The van der Waals surface area contributed by atoms with Crippen LogP contribution in [0.5, 0.6) is 0 Å². The van der Waals surface area contributed by atoms with E-state index in [2.05, 4.69) is 0 Å². The van der Waals surface area contributed by atoms with Crippen LogP contribution >= 0.6 is 0 Å². The van der Waals surface area contributed by atoms with Gasteiger partial charge in [-0.05, 0) is 43.4 Å². The van der Waals surface area contributed by atoms with Gasteiger partial charge < -0.3 is 10.0 Å². The largest absolute Gasteiger partial charge is 0.396 e. The molecule has 1 aliphatic heterocycles. The third-order valence-electron chi connectivity index (χ3n) is 3.54. The second-order valence-corrected chi connectivity index (χ2v) is 5.02. The minimum absolute atomic E-state index is 0.00845. The van der Waals surface area contributed by atoms with Gasteiger partial charge in [-0.2, -0.15) is 0 Å². The van der Waals surface area contributed by atoms with Crippen LogP contribution in [-0.4, -0.2) is 35.6 Å². The summed E-state index contributed by atoms with van der Waals surface area (Å²) in [5.74, 6) is -1.76. The summed E-state index contributed by atoms with van der Waals surface area (Å²) in [6, 6.07) is 1.99. The average Bonchev–Trinajstić information content (AvgIpc) is 2.42. The number of aryl methyl sites for hydroxylation is 1. The molecule has 0 aliphatic carbocycles. The Morgan fingerprint density at radius 3 is 2.84 bits per heavy atom. The fourth-order valence-electron chi connectivity index (χ4n) is 2.38. The van der Waals surface area contributed by atoms with Crippen molar-refractivity contribution in [3.8, 4) is 0 Å². The molecule has 0 saturated carbocycles. The standard InChI is InChI=1S/C14H17F2NO2/c1-9-5-13(16)11(6-12(9)15)14(19)17-4-2-3-10(7-17)8-18/h5-6,10,18H,2-4,7-8H2,1H3. The number of hydrogen-bond donors (Lipinski definition) is 1. The Labute approximate surface area is 110 Å². The lowest BCUT2D eigenvalue weighted by Gasteiger charge is -2.32. The predicted molar refractivity (Wildman–Crippen MR) is 66.8 cm³/mol. The number of aliphatic hydroxyl groups excluding tert-OH is 1. The normalized spacial score (nSPS) is 19.6. The number of aliphatic hydroxyl groups is 1. The monoisotopic (exact) mass is 269 g/mol. The highest BCUT2D eigenvalue weighted by Crippen LogP contribution is 2.21. The molecule has 1 unspecified atom stereocenters. The van der Waals surface area contributed by atoms with Crippen molar-refractivity contribution >= 4 is 5.91 Å². The van der Waals surface area contributed by atoms with Crippen LogP contribution in [0, 0.1) is 24.5 Å². The smallest absolute Gasteiger partial charge is 0.256 e.